The lowest BCUT2D eigenvalue weighted by Crippen LogP contribution is -2.13. The van der Waals surface area contributed by atoms with Crippen molar-refractivity contribution in [3.8, 4) is 0 Å². The average molecular weight is 137 g/mol. The molecule has 3 nitrogen and oxygen atoms in total. The van der Waals surface area contributed by atoms with Crippen molar-refractivity contribution in [1.29, 1.82) is 0 Å². The van der Waals surface area contributed by atoms with Gasteiger partial charge in [0.25, 0.3) is 11.7 Å². The second-order valence-corrected chi connectivity index (χ2v) is 1.55. The van der Waals surface area contributed by atoms with Crippen LogP contribution in [-0.4, -0.2) is 17.8 Å². The van der Waals surface area contributed by atoms with Crippen LogP contribution in [0.2, 0.25) is 0 Å². The maximum Gasteiger partial charge on any atom is 0.293 e. The third-order valence-corrected chi connectivity index (χ3v) is 0.887. The lowest BCUT2D eigenvalue weighted by Gasteiger charge is -1.99. The van der Waals surface area contributed by atoms with E-state index in [1.54, 1.807) is 0 Å². The first-order valence-electron chi connectivity index (χ1n) is 1.97. The van der Waals surface area contributed by atoms with Crippen molar-refractivity contribution in [3.05, 3.63) is 0 Å². The molecule has 4 heteroatoms. The van der Waals surface area contributed by atoms with Crippen LogP contribution in [0.5, 0.6) is 0 Å². The molecule has 0 bridgehead atoms. The van der Waals surface area contributed by atoms with Crippen molar-refractivity contribution in [3.63, 3.8) is 0 Å². The Morgan fingerprint density at radius 2 is 2.38 bits per heavy atom. The molecule has 0 aromatic heterocycles. The van der Waals surface area contributed by atoms with Crippen molar-refractivity contribution in [1.82, 2.24) is 0 Å². The van der Waals surface area contributed by atoms with Gasteiger partial charge in [0.15, 0.2) is 6.10 Å². The molecule has 0 saturated heterocycles. The van der Waals surface area contributed by atoms with E-state index in [1.807, 2.05) is 0 Å². The SMILES string of the molecule is CC(OC=O)C(=O)Cl. The topological polar surface area (TPSA) is 43.4 Å². The summed E-state index contributed by atoms with van der Waals surface area (Å²) in [5, 5.41) is -0.669. The fraction of sp³-hybridized carbons (Fsp3) is 0.500. The lowest BCUT2D eigenvalue weighted by molar-refractivity contribution is -0.139. The summed E-state index contributed by atoms with van der Waals surface area (Å²) in [7, 11) is 0. The number of halogens is 1. The zero-order valence-electron chi connectivity index (χ0n) is 4.26. The van der Waals surface area contributed by atoms with Gasteiger partial charge < -0.3 is 4.74 Å². The third kappa shape index (κ3) is 2.58. The van der Waals surface area contributed by atoms with Gasteiger partial charge in [0.05, 0.1) is 0 Å². The first-order valence-corrected chi connectivity index (χ1v) is 2.34. The Labute approximate surface area is 51.6 Å². The van der Waals surface area contributed by atoms with Crippen molar-refractivity contribution in [2.75, 3.05) is 0 Å². The average Bonchev–Trinajstić information content (AvgIpc) is 1.67. The minimum absolute atomic E-state index is 0.185. The molecular formula is C4H5ClO3. The first-order chi connectivity index (χ1) is 3.68. The van der Waals surface area contributed by atoms with E-state index in [9.17, 15) is 9.59 Å². The molecule has 46 valence electrons. The summed E-state index contributed by atoms with van der Waals surface area (Å²) in [5.41, 5.74) is 0. The Balaban J connectivity index is 3.46. The monoisotopic (exact) mass is 136 g/mol. The molecule has 1 atom stereocenters. The Morgan fingerprint density at radius 3 is 2.50 bits per heavy atom. The van der Waals surface area contributed by atoms with Gasteiger partial charge in [0, 0.05) is 0 Å². The van der Waals surface area contributed by atoms with Crippen molar-refractivity contribution in [2.45, 2.75) is 13.0 Å². The van der Waals surface area contributed by atoms with Crippen LogP contribution < -0.4 is 0 Å². The maximum atomic E-state index is 10.0. The minimum atomic E-state index is -0.825. The van der Waals surface area contributed by atoms with E-state index in [4.69, 9.17) is 11.6 Å². The largest absolute Gasteiger partial charge is 0.455 e. The molecule has 0 saturated carbocycles. The second kappa shape index (κ2) is 3.43. The van der Waals surface area contributed by atoms with E-state index < -0.39 is 11.3 Å². The summed E-state index contributed by atoms with van der Waals surface area (Å²) in [5.74, 6) is 0. The van der Waals surface area contributed by atoms with Gasteiger partial charge in [-0.2, -0.15) is 0 Å². The Kier molecular flexibility index (Phi) is 3.19. The van der Waals surface area contributed by atoms with Crippen molar-refractivity contribution < 1.29 is 14.3 Å². The summed E-state index contributed by atoms with van der Waals surface area (Å²) in [6.45, 7) is 1.58. The van der Waals surface area contributed by atoms with Gasteiger partial charge in [-0.15, -0.1) is 0 Å². The maximum absolute atomic E-state index is 10.0. The molecule has 0 fully saturated rings. The molecule has 0 aromatic carbocycles. The summed E-state index contributed by atoms with van der Waals surface area (Å²) in [6.07, 6.45) is -0.825. The molecule has 0 spiro atoms. The Morgan fingerprint density at radius 1 is 1.88 bits per heavy atom. The van der Waals surface area contributed by atoms with Crippen LogP contribution in [0.1, 0.15) is 6.92 Å². The normalized spacial score (nSPS) is 12.2. The van der Waals surface area contributed by atoms with Crippen LogP contribution in [0.25, 0.3) is 0 Å². The molecule has 0 amide bonds. The fourth-order valence-electron chi connectivity index (χ4n) is 0.137. The number of hydrogen-bond donors (Lipinski definition) is 0. The third-order valence-electron chi connectivity index (χ3n) is 0.579. The van der Waals surface area contributed by atoms with Crippen molar-refractivity contribution in [2.24, 2.45) is 0 Å². The number of hydrogen-bond acceptors (Lipinski definition) is 3. The Hall–Kier alpha value is -0.570. The van der Waals surface area contributed by atoms with Crippen LogP contribution in [0.15, 0.2) is 0 Å². The number of ether oxygens (including phenoxy) is 1. The van der Waals surface area contributed by atoms with Crippen LogP contribution in [0.4, 0.5) is 0 Å². The summed E-state index contributed by atoms with van der Waals surface area (Å²) in [4.78, 5) is 19.5. The van der Waals surface area contributed by atoms with Gasteiger partial charge in [-0.25, -0.2) is 0 Å². The Bertz CT molecular complexity index is 101. The quantitative estimate of drug-likeness (QED) is 0.414. The van der Waals surface area contributed by atoms with Crippen LogP contribution in [0, 0.1) is 0 Å². The standard InChI is InChI=1S/C4H5ClO3/c1-3(4(5)7)8-2-6/h2-3H,1H3. The molecule has 1 unspecified atom stereocenters. The van der Waals surface area contributed by atoms with Gasteiger partial charge in [0.1, 0.15) is 0 Å². The zero-order valence-corrected chi connectivity index (χ0v) is 5.01. The number of carbonyl (C=O) groups excluding carboxylic acids is 2. The summed E-state index contributed by atoms with van der Waals surface area (Å²) >= 11 is 4.88. The molecule has 0 heterocycles. The summed E-state index contributed by atoms with van der Waals surface area (Å²) in [6, 6.07) is 0. The second-order valence-electron chi connectivity index (χ2n) is 1.18. The molecule has 0 aliphatic carbocycles. The predicted molar refractivity (Wildman–Crippen MR) is 27.5 cm³/mol. The van der Waals surface area contributed by atoms with E-state index >= 15 is 0 Å². The van der Waals surface area contributed by atoms with Gasteiger partial charge in [-0.3, -0.25) is 9.59 Å². The van der Waals surface area contributed by atoms with Crippen LogP contribution in [0.3, 0.4) is 0 Å². The number of rotatable bonds is 3. The van der Waals surface area contributed by atoms with Gasteiger partial charge in [-0.1, -0.05) is 0 Å². The zero-order chi connectivity index (χ0) is 6.57. The van der Waals surface area contributed by atoms with Gasteiger partial charge >= 0.3 is 0 Å². The van der Waals surface area contributed by atoms with Crippen molar-refractivity contribution >= 4 is 23.3 Å². The number of carbonyl (C=O) groups is 2. The van der Waals surface area contributed by atoms with Crippen LogP contribution in [-0.2, 0) is 14.3 Å². The highest BCUT2D eigenvalue weighted by Crippen LogP contribution is 1.92. The van der Waals surface area contributed by atoms with E-state index in [0.717, 1.165) is 0 Å². The highest BCUT2D eigenvalue weighted by Gasteiger charge is 2.07. The van der Waals surface area contributed by atoms with E-state index in [1.165, 1.54) is 6.92 Å². The highest BCUT2D eigenvalue weighted by molar-refractivity contribution is 6.64. The highest BCUT2D eigenvalue weighted by atomic mass is 35.5. The lowest BCUT2D eigenvalue weighted by atomic mass is 10.5. The molecular weight excluding hydrogens is 131 g/mol. The van der Waals surface area contributed by atoms with E-state index in [2.05, 4.69) is 4.74 Å². The fourth-order valence-corrected chi connectivity index (χ4v) is 0.188. The van der Waals surface area contributed by atoms with Gasteiger partial charge in [0.2, 0.25) is 0 Å². The molecule has 0 aliphatic heterocycles. The minimum Gasteiger partial charge on any atom is -0.455 e. The van der Waals surface area contributed by atoms with Crippen LogP contribution >= 0.6 is 11.6 Å². The van der Waals surface area contributed by atoms with E-state index in [-0.39, 0.29) is 6.47 Å². The molecule has 0 aliphatic rings. The smallest absolute Gasteiger partial charge is 0.293 e. The molecule has 0 radical (unpaired) electrons. The summed E-state index contributed by atoms with van der Waals surface area (Å²) < 4.78 is 4.14. The first kappa shape index (κ1) is 7.43. The van der Waals surface area contributed by atoms with E-state index in [0.29, 0.717) is 0 Å². The molecule has 8 heavy (non-hydrogen) atoms. The molecule has 0 aromatic rings. The predicted octanol–water partition coefficient (Wildman–Crippen LogP) is 0.313. The molecule has 0 N–H and O–H groups in total. The van der Waals surface area contributed by atoms with Gasteiger partial charge in [-0.05, 0) is 18.5 Å². The molecule has 0 rings (SSSR count).